The maximum Gasteiger partial charge on any atom is 0.216 e. The van der Waals surface area contributed by atoms with Crippen LogP contribution in [0, 0.1) is 5.92 Å². The van der Waals surface area contributed by atoms with Gasteiger partial charge in [-0.3, -0.25) is 14.6 Å². The van der Waals surface area contributed by atoms with Gasteiger partial charge in [-0.2, -0.15) is 0 Å². The summed E-state index contributed by atoms with van der Waals surface area (Å²) in [6.07, 6.45) is 4.96. The molecule has 2 saturated heterocycles. The summed E-state index contributed by atoms with van der Waals surface area (Å²) in [5, 5.41) is 2.96. The van der Waals surface area contributed by atoms with E-state index in [1.807, 2.05) is 0 Å². The molecule has 0 aromatic heterocycles. The molecule has 5 nitrogen and oxygen atoms in total. The molecule has 0 bridgehead atoms. The molecule has 0 unspecified atom stereocenters. The average molecular weight is 360 g/mol. The molecule has 1 amide bonds. The van der Waals surface area contributed by atoms with E-state index in [0.29, 0.717) is 5.92 Å². The zero-order chi connectivity index (χ0) is 18.4. The first-order valence-electron chi connectivity index (χ1n) is 9.99. The second-order valence-electron chi connectivity index (χ2n) is 7.79. The topological polar surface area (TPSA) is 44.8 Å². The number of likely N-dealkylation sites (tertiary alicyclic amines) is 2. The van der Waals surface area contributed by atoms with Gasteiger partial charge in [-0.25, -0.2) is 0 Å². The van der Waals surface area contributed by atoms with E-state index in [0.717, 1.165) is 51.3 Å². The maximum atomic E-state index is 11.1. The van der Waals surface area contributed by atoms with Crippen LogP contribution in [0.1, 0.15) is 43.7 Å². The van der Waals surface area contributed by atoms with Crippen molar-refractivity contribution in [1.29, 1.82) is 0 Å². The van der Waals surface area contributed by atoms with Gasteiger partial charge in [0, 0.05) is 32.1 Å². The summed E-state index contributed by atoms with van der Waals surface area (Å²) in [5.41, 5.74) is 2.69. The number of carbonyl (C=O) groups excluding carboxylic acids is 1. The zero-order valence-electron chi connectivity index (χ0n) is 16.3. The van der Waals surface area contributed by atoms with E-state index in [-0.39, 0.29) is 5.91 Å². The molecule has 2 aliphatic rings. The Hall–Kier alpha value is -1.59. The Morgan fingerprint density at radius 3 is 2.46 bits per heavy atom. The predicted molar refractivity (Wildman–Crippen MR) is 104 cm³/mol. The standard InChI is InChI=1S/C21H33N3O2/c1-17(25)22-14-18-7-11-24(12-8-18)15-19-5-6-21(26-2)20(13-19)16-23-9-3-4-10-23/h5-6,13,18H,3-4,7-12,14-16H2,1-2H3,(H,22,25). The van der Waals surface area contributed by atoms with Gasteiger partial charge < -0.3 is 10.1 Å². The van der Waals surface area contributed by atoms with Gasteiger partial charge in [0.2, 0.25) is 5.91 Å². The van der Waals surface area contributed by atoms with Crippen LogP contribution in [0.15, 0.2) is 18.2 Å². The Bertz CT molecular complexity index is 591. The molecule has 144 valence electrons. The molecule has 0 saturated carbocycles. The lowest BCUT2D eigenvalue weighted by atomic mass is 9.96. The summed E-state index contributed by atoms with van der Waals surface area (Å²) in [6, 6.07) is 6.67. The number of hydrogen-bond acceptors (Lipinski definition) is 4. The van der Waals surface area contributed by atoms with Crippen molar-refractivity contribution in [3.05, 3.63) is 29.3 Å². The molecular formula is C21H33N3O2. The van der Waals surface area contributed by atoms with Crippen LogP contribution in [0.4, 0.5) is 0 Å². The molecule has 0 aliphatic carbocycles. The first-order chi connectivity index (χ1) is 12.6. The number of ether oxygens (including phenoxy) is 1. The van der Waals surface area contributed by atoms with Gasteiger partial charge >= 0.3 is 0 Å². The lowest BCUT2D eigenvalue weighted by molar-refractivity contribution is -0.119. The summed E-state index contributed by atoms with van der Waals surface area (Å²) in [4.78, 5) is 16.1. The van der Waals surface area contributed by atoms with Crippen LogP contribution < -0.4 is 10.1 Å². The van der Waals surface area contributed by atoms with Crippen LogP contribution in [-0.4, -0.2) is 55.5 Å². The maximum absolute atomic E-state index is 11.1. The number of hydrogen-bond donors (Lipinski definition) is 1. The zero-order valence-corrected chi connectivity index (χ0v) is 16.3. The largest absolute Gasteiger partial charge is 0.496 e. The summed E-state index contributed by atoms with van der Waals surface area (Å²) in [5.74, 6) is 1.71. The van der Waals surface area contributed by atoms with Gasteiger partial charge in [0.1, 0.15) is 5.75 Å². The fraction of sp³-hybridized carbons (Fsp3) is 0.667. The Morgan fingerprint density at radius 1 is 1.12 bits per heavy atom. The van der Waals surface area contributed by atoms with E-state index >= 15 is 0 Å². The van der Waals surface area contributed by atoms with Crippen molar-refractivity contribution in [2.45, 2.75) is 45.7 Å². The summed E-state index contributed by atoms with van der Waals surface area (Å²) in [6.45, 7) is 9.05. The van der Waals surface area contributed by atoms with E-state index in [4.69, 9.17) is 4.74 Å². The molecule has 0 atom stereocenters. The van der Waals surface area contributed by atoms with Gasteiger partial charge in [0.05, 0.1) is 7.11 Å². The van der Waals surface area contributed by atoms with Crippen LogP contribution >= 0.6 is 0 Å². The molecular weight excluding hydrogens is 326 g/mol. The monoisotopic (exact) mass is 359 g/mol. The van der Waals surface area contributed by atoms with Crippen LogP contribution in [0.5, 0.6) is 5.75 Å². The number of methoxy groups -OCH3 is 1. The minimum absolute atomic E-state index is 0.0798. The summed E-state index contributed by atoms with van der Waals surface area (Å²) in [7, 11) is 1.77. The predicted octanol–water partition coefficient (Wildman–Crippen LogP) is 2.64. The minimum Gasteiger partial charge on any atom is -0.496 e. The van der Waals surface area contributed by atoms with Crippen LogP contribution in [-0.2, 0) is 17.9 Å². The summed E-state index contributed by atoms with van der Waals surface area (Å²) < 4.78 is 5.59. The van der Waals surface area contributed by atoms with Crippen LogP contribution in [0.3, 0.4) is 0 Å². The normalized spacial score (nSPS) is 19.6. The highest BCUT2D eigenvalue weighted by Gasteiger charge is 2.20. The van der Waals surface area contributed by atoms with E-state index in [1.54, 1.807) is 14.0 Å². The average Bonchev–Trinajstić information content (AvgIpc) is 3.14. The molecule has 2 heterocycles. The van der Waals surface area contributed by atoms with Crippen molar-refractivity contribution in [3.63, 3.8) is 0 Å². The SMILES string of the molecule is COc1ccc(CN2CCC(CNC(C)=O)CC2)cc1CN1CCCC1. The fourth-order valence-corrected chi connectivity index (χ4v) is 4.13. The number of nitrogens with one attached hydrogen (secondary N) is 1. The van der Waals surface area contributed by atoms with Crippen molar-refractivity contribution in [2.24, 2.45) is 5.92 Å². The van der Waals surface area contributed by atoms with Gasteiger partial charge in [0.15, 0.2) is 0 Å². The second-order valence-corrected chi connectivity index (χ2v) is 7.79. The van der Waals surface area contributed by atoms with Gasteiger partial charge in [-0.15, -0.1) is 0 Å². The van der Waals surface area contributed by atoms with Crippen molar-refractivity contribution in [3.8, 4) is 5.75 Å². The Balaban J connectivity index is 1.54. The third kappa shape index (κ3) is 5.45. The molecule has 26 heavy (non-hydrogen) atoms. The lowest BCUT2D eigenvalue weighted by Crippen LogP contribution is -2.37. The first kappa shape index (κ1) is 19.2. The third-order valence-electron chi connectivity index (χ3n) is 5.69. The smallest absolute Gasteiger partial charge is 0.216 e. The molecule has 5 heteroatoms. The summed E-state index contributed by atoms with van der Waals surface area (Å²) >= 11 is 0. The number of benzene rings is 1. The van der Waals surface area contributed by atoms with Crippen molar-refractivity contribution >= 4 is 5.91 Å². The Morgan fingerprint density at radius 2 is 1.81 bits per heavy atom. The highest BCUT2D eigenvalue weighted by atomic mass is 16.5. The fourth-order valence-electron chi connectivity index (χ4n) is 4.13. The Labute approximate surface area is 157 Å². The number of carbonyl (C=O) groups is 1. The van der Waals surface area contributed by atoms with E-state index < -0.39 is 0 Å². The molecule has 0 radical (unpaired) electrons. The highest BCUT2D eigenvalue weighted by Crippen LogP contribution is 2.25. The van der Waals surface area contributed by atoms with E-state index in [9.17, 15) is 4.79 Å². The molecule has 1 N–H and O–H groups in total. The number of rotatable bonds is 7. The number of amides is 1. The number of nitrogens with zero attached hydrogens (tertiary/aromatic N) is 2. The van der Waals surface area contributed by atoms with Crippen molar-refractivity contribution in [1.82, 2.24) is 15.1 Å². The van der Waals surface area contributed by atoms with E-state index in [1.165, 1.54) is 37.1 Å². The first-order valence-corrected chi connectivity index (χ1v) is 9.99. The Kier molecular flexibility index (Phi) is 6.92. The second kappa shape index (κ2) is 9.38. The van der Waals surface area contributed by atoms with Gasteiger partial charge in [0.25, 0.3) is 0 Å². The van der Waals surface area contributed by atoms with Gasteiger partial charge in [-0.1, -0.05) is 6.07 Å². The molecule has 2 aliphatic heterocycles. The minimum atomic E-state index is 0.0798. The molecule has 2 fully saturated rings. The van der Waals surface area contributed by atoms with Crippen molar-refractivity contribution < 1.29 is 9.53 Å². The molecule has 1 aromatic rings. The number of piperidine rings is 1. The van der Waals surface area contributed by atoms with Crippen LogP contribution in [0.25, 0.3) is 0 Å². The quantitative estimate of drug-likeness (QED) is 0.813. The van der Waals surface area contributed by atoms with E-state index in [2.05, 4.69) is 33.3 Å². The van der Waals surface area contributed by atoms with Gasteiger partial charge in [-0.05, 0) is 75.5 Å². The third-order valence-corrected chi connectivity index (χ3v) is 5.69. The lowest BCUT2D eigenvalue weighted by Gasteiger charge is -2.32. The highest BCUT2D eigenvalue weighted by molar-refractivity contribution is 5.72. The molecule has 1 aromatic carbocycles. The molecule has 3 rings (SSSR count). The molecule has 0 spiro atoms. The van der Waals surface area contributed by atoms with Crippen LogP contribution in [0.2, 0.25) is 0 Å². The van der Waals surface area contributed by atoms with Crippen molar-refractivity contribution in [2.75, 3.05) is 39.8 Å².